The number of carbonyl (C=O) groups is 1. The Bertz CT molecular complexity index is 837. The highest BCUT2D eigenvalue weighted by Gasteiger charge is 2.36. The molecule has 1 N–H and O–H groups in total. The molecule has 158 valence electrons. The first-order valence-electron chi connectivity index (χ1n) is 9.40. The number of methoxy groups -OCH3 is 1. The van der Waals surface area contributed by atoms with Gasteiger partial charge in [0.05, 0.1) is 6.10 Å². The number of aromatic nitrogens is 2. The fourth-order valence-electron chi connectivity index (χ4n) is 3.78. The molecule has 0 radical (unpaired) electrons. The van der Waals surface area contributed by atoms with Crippen LogP contribution in [-0.4, -0.2) is 40.3 Å². The number of benzene rings is 1. The van der Waals surface area contributed by atoms with E-state index in [-0.39, 0.29) is 24.4 Å². The minimum Gasteiger partial charge on any atom is -0.381 e. The molecular weight excluding hydrogens is 390 g/mol. The van der Waals surface area contributed by atoms with Gasteiger partial charge in [-0.15, -0.1) is 0 Å². The normalized spacial score (nSPS) is 19.9. The van der Waals surface area contributed by atoms with Crippen molar-refractivity contribution in [3.63, 3.8) is 0 Å². The molecule has 0 spiro atoms. The summed E-state index contributed by atoms with van der Waals surface area (Å²) in [4.78, 5) is 14.6. The first kappa shape index (κ1) is 21.3. The molecule has 1 fully saturated rings. The predicted octanol–water partition coefficient (Wildman–Crippen LogP) is 4.48. The Hall–Kier alpha value is -2.42. The highest BCUT2D eigenvalue weighted by atomic mass is 19.4. The van der Waals surface area contributed by atoms with Gasteiger partial charge in [0.25, 0.3) is 5.91 Å². The first-order chi connectivity index (χ1) is 13.7. The number of hydrogen-bond donors (Lipinski definition) is 1. The van der Waals surface area contributed by atoms with Crippen molar-refractivity contribution in [1.29, 1.82) is 0 Å². The molecule has 3 rings (SSSR count). The summed E-state index contributed by atoms with van der Waals surface area (Å²) in [6, 6.07) is 4.99. The van der Waals surface area contributed by atoms with E-state index in [1.807, 2.05) is 5.10 Å². The zero-order valence-corrected chi connectivity index (χ0v) is 16.2. The Kier molecular flexibility index (Phi) is 6.26. The van der Waals surface area contributed by atoms with E-state index in [9.17, 15) is 22.4 Å². The van der Waals surface area contributed by atoms with Crippen LogP contribution in [0.2, 0.25) is 0 Å². The molecular formula is C20H23F4N3O2. The Morgan fingerprint density at radius 1 is 1.21 bits per heavy atom. The maximum atomic E-state index is 13.8. The van der Waals surface area contributed by atoms with Gasteiger partial charge in [-0.1, -0.05) is 6.07 Å². The number of H-pyrrole nitrogens is 1. The third kappa shape index (κ3) is 5.14. The summed E-state index contributed by atoms with van der Waals surface area (Å²) in [6.45, 7) is 1.83. The van der Waals surface area contributed by atoms with Gasteiger partial charge in [-0.2, -0.15) is 18.3 Å². The minimum absolute atomic E-state index is 0.0912. The highest BCUT2D eigenvalue weighted by Crippen LogP contribution is 2.30. The number of nitrogens with zero attached hydrogens (tertiary/aromatic N) is 2. The van der Waals surface area contributed by atoms with Crippen LogP contribution in [0.1, 0.15) is 53.0 Å². The molecule has 0 saturated heterocycles. The summed E-state index contributed by atoms with van der Waals surface area (Å²) in [5.41, 5.74) is -0.101. The number of aromatic amines is 1. The second-order valence-electron chi connectivity index (χ2n) is 7.40. The van der Waals surface area contributed by atoms with E-state index in [0.29, 0.717) is 30.0 Å². The standard InChI is InChI=1S/C20H23F4N3O2/c1-12-7-13(9-14(21)8-12)11-27(15-3-5-16(29-2)6-4-15)19(28)17-10-18(26-25-17)20(22,23)24/h7-10,15-16H,3-6,11H2,1-2H3,(H,25,26). The number of halogens is 4. The van der Waals surface area contributed by atoms with Gasteiger partial charge in [-0.05, 0) is 55.9 Å². The number of carbonyl (C=O) groups excluding carboxylic acids is 1. The van der Waals surface area contributed by atoms with Crippen molar-refractivity contribution in [2.45, 2.75) is 57.5 Å². The van der Waals surface area contributed by atoms with E-state index in [2.05, 4.69) is 5.10 Å². The van der Waals surface area contributed by atoms with E-state index >= 15 is 0 Å². The lowest BCUT2D eigenvalue weighted by Crippen LogP contribution is -2.43. The van der Waals surface area contributed by atoms with Gasteiger partial charge in [-0.25, -0.2) is 4.39 Å². The molecule has 9 heteroatoms. The lowest BCUT2D eigenvalue weighted by atomic mass is 9.91. The second kappa shape index (κ2) is 8.52. The fraction of sp³-hybridized carbons (Fsp3) is 0.500. The first-order valence-corrected chi connectivity index (χ1v) is 9.40. The van der Waals surface area contributed by atoms with Crippen LogP contribution in [0.5, 0.6) is 0 Å². The Labute approximate surface area is 166 Å². The van der Waals surface area contributed by atoms with Crippen LogP contribution in [0.25, 0.3) is 0 Å². The van der Waals surface area contributed by atoms with E-state index in [4.69, 9.17) is 4.74 Å². The molecule has 1 saturated carbocycles. The monoisotopic (exact) mass is 413 g/mol. The number of ether oxygens (including phenoxy) is 1. The maximum absolute atomic E-state index is 13.8. The minimum atomic E-state index is -4.62. The Morgan fingerprint density at radius 2 is 1.90 bits per heavy atom. The van der Waals surface area contributed by atoms with Gasteiger partial charge in [0.1, 0.15) is 11.5 Å². The molecule has 0 atom stereocenters. The number of nitrogens with one attached hydrogen (secondary N) is 1. The average molecular weight is 413 g/mol. The summed E-state index contributed by atoms with van der Waals surface area (Å²) >= 11 is 0. The van der Waals surface area contributed by atoms with Crippen LogP contribution in [0.3, 0.4) is 0 Å². The van der Waals surface area contributed by atoms with E-state index in [1.165, 1.54) is 17.0 Å². The molecule has 1 aliphatic carbocycles. The van der Waals surface area contributed by atoms with E-state index < -0.39 is 23.6 Å². The van der Waals surface area contributed by atoms with Crippen LogP contribution in [-0.2, 0) is 17.5 Å². The zero-order chi connectivity index (χ0) is 21.2. The van der Waals surface area contributed by atoms with Crippen LogP contribution < -0.4 is 0 Å². The fourth-order valence-corrected chi connectivity index (χ4v) is 3.78. The van der Waals surface area contributed by atoms with Crippen LogP contribution in [0.15, 0.2) is 24.3 Å². The van der Waals surface area contributed by atoms with Gasteiger partial charge in [-0.3, -0.25) is 9.89 Å². The van der Waals surface area contributed by atoms with Gasteiger partial charge >= 0.3 is 6.18 Å². The summed E-state index contributed by atoms with van der Waals surface area (Å²) < 4.78 is 57.8. The number of rotatable bonds is 5. The van der Waals surface area contributed by atoms with Crippen LogP contribution in [0, 0.1) is 12.7 Å². The lowest BCUT2D eigenvalue weighted by Gasteiger charge is -2.36. The molecule has 29 heavy (non-hydrogen) atoms. The van der Waals surface area contributed by atoms with Crippen molar-refractivity contribution >= 4 is 5.91 Å². The van der Waals surface area contributed by atoms with Gasteiger partial charge in [0.2, 0.25) is 0 Å². The molecule has 0 aliphatic heterocycles. The van der Waals surface area contributed by atoms with E-state index in [0.717, 1.165) is 12.8 Å². The maximum Gasteiger partial charge on any atom is 0.432 e. The Balaban J connectivity index is 1.87. The van der Waals surface area contributed by atoms with Crippen molar-refractivity contribution in [3.8, 4) is 0 Å². The van der Waals surface area contributed by atoms with Gasteiger partial charge in [0, 0.05) is 25.8 Å². The van der Waals surface area contributed by atoms with Crippen molar-refractivity contribution in [3.05, 3.63) is 52.6 Å². The van der Waals surface area contributed by atoms with E-state index in [1.54, 1.807) is 20.1 Å². The molecule has 1 aliphatic rings. The Morgan fingerprint density at radius 3 is 2.45 bits per heavy atom. The van der Waals surface area contributed by atoms with Crippen LogP contribution >= 0.6 is 0 Å². The summed E-state index contributed by atoms with van der Waals surface area (Å²) in [5.74, 6) is -1.03. The molecule has 1 amide bonds. The summed E-state index contributed by atoms with van der Waals surface area (Å²) in [5, 5.41) is 5.45. The lowest BCUT2D eigenvalue weighted by molar-refractivity contribution is -0.141. The predicted molar refractivity (Wildman–Crippen MR) is 97.7 cm³/mol. The molecule has 1 aromatic carbocycles. The zero-order valence-electron chi connectivity index (χ0n) is 16.2. The largest absolute Gasteiger partial charge is 0.432 e. The number of amides is 1. The number of alkyl halides is 3. The number of hydrogen-bond acceptors (Lipinski definition) is 3. The molecule has 2 aromatic rings. The second-order valence-corrected chi connectivity index (χ2v) is 7.40. The third-order valence-electron chi connectivity index (χ3n) is 5.24. The van der Waals surface area contributed by atoms with Gasteiger partial charge in [0.15, 0.2) is 5.69 Å². The van der Waals surface area contributed by atoms with Crippen molar-refractivity contribution in [2.24, 2.45) is 0 Å². The molecule has 1 aromatic heterocycles. The smallest absolute Gasteiger partial charge is 0.381 e. The van der Waals surface area contributed by atoms with Crippen molar-refractivity contribution < 1.29 is 27.1 Å². The summed E-state index contributed by atoms with van der Waals surface area (Å²) in [6.07, 6.45) is -1.75. The van der Waals surface area contributed by atoms with Crippen molar-refractivity contribution in [2.75, 3.05) is 7.11 Å². The molecule has 5 nitrogen and oxygen atoms in total. The van der Waals surface area contributed by atoms with Gasteiger partial charge < -0.3 is 9.64 Å². The topological polar surface area (TPSA) is 58.2 Å². The van der Waals surface area contributed by atoms with Crippen molar-refractivity contribution in [1.82, 2.24) is 15.1 Å². The number of aryl methyl sites for hydroxylation is 1. The molecule has 0 bridgehead atoms. The highest BCUT2D eigenvalue weighted by molar-refractivity contribution is 5.92. The summed E-state index contributed by atoms with van der Waals surface area (Å²) in [7, 11) is 1.63. The SMILES string of the molecule is COC1CCC(N(Cc2cc(C)cc(F)c2)C(=O)c2cc(C(F)(F)F)[nH]n2)CC1. The average Bonchev–Trinajstić information content (AvgIpc) is 3.16. The quantitative estimate of drug-likeness (QED) is 0.736. The van der Waals surface area contributed by atoms with Crippen LogP contribution in [0.4, 0.5) is 17.6 Å². The molecule has 1 heterocycles. The molecule has 0 unspecified atom stereocenters. The third-order valence-corrected chi connectivity index (χ3v) is 5.24.